The molecule has 1 aromatic rings. The lowest BCUT2D eigenvalue weighted by molar-refractivity contribution is -0.131. The second-order valence-corrected chi connectivity index (χ2v) is 5.15. The molecule has 1 fully saturated rings. The largest absolute Gasteiger partial charge is 0.496 e. The van der Waals surface area contributed by atoms with Gasteiger partial charge in [0.1, 0.15) is 5.75 Å². The average Bonchev–Trinajstić information content (AvgIpc) is 2.94. The van der Waals surface area contributed by atoms with Crippen molar-refractivity contribution in [2.45, 2.75) is 39.2 Å². The van der Waals surface area contributed by atoms with Crippen LogP contribution >= 0.6 is 0 Å². The third-order valence-corrected chi connectivity index (χ3v) is 3.86. The van der Waals surface area contributed by atoms with Crippen LogP contribution in [-0.2, 0) is 4.79 Å². The van der Waals surface area contributed by atoms with E-state index < -0.39 is 0 Å². The van der Waals surface area contributed by atoms with Crippen molar-refractivity contribution >= 4 is 11.7 Å². The van der Waals surface area contributed by atoms with Crippen LogP contribution in [0.4, 0.5) is 0 Å². The van der Waals surface area contributed by atoms with Crippen LogP contribution in [0, 0.1) is 6.92 Å². The SMILES string of the molecule is CCC(=O)N1CCCC1C(=O)c1ccc(OC)c(C)c1. The van der Waals surface area contributed by atoms with Crippen LogP contribution in [0.2, 0.25) is 0 Å². The fourth-order valence-electron chi connectivity index (χ4n) is 2.76. The maximum absolute atomic E-state index is 12.6. The van der Waals surface area contributed by atoms with Crippen molar-refractivity contribution in [2.24, 2.45) is 0 Å². The Hall–Kier alpha value is -1.84. The van der Waals surface area contributed by atoms with Crippen LogP contribution in [0.5, 0.6) is 5.75 Å². The van der Waals surface area contributed by atoms with Crippen LogP contribution in [0.25, 0.3) is 0 Å². The lowest BCUT2D eigenvalue weighted by atomic mass is 10.00. The number of ether oxygens (including phenoxy) is 1. The van der Waals surface area contributed by atoms with Crippen LogP contribution in [0.3, 0.4) is 0 Å². The number of rotatable bonds is 4. The number of Topliss-reactive ketones (excluding diaryl/α,β-unsaturated/α-hetero) is 1. The van der Waals surface area contributed by atoms with Gasteiger partial charge in [0.25, 0.3) is 0 Å². The van der Waals surface area contributed by atoms with Gasteiger partial charge in [-0.3, -0.25) is 9.59 Å². The van der Waals surface area contributed by atoms with E-state index in [1.54, 1.807) is 18.1 Å². The Morgan fingerprint density at radius 3 is 2.75 bits per heavy atom. The van der Waals surface area contributed by atoms with Crippen molar-refractivity contribution in [3.63, 3.8) is 0 Å². The van der Waals surface area contributed by atoms with Gasteiger partial charge in [-0.25, -0.2) is 0 Å². The van der Waals surface area contributed by atoms with Gasteiger partial charge in [0.05, 0.1) is 13.2 Å². The molecule has 0 spiro atoms. The van der Waals surface area contributed by atoms with Gasteiger partial charge in [0.15, 0.2) is 5.78 Å². The second kappa shape index (κ2) is 6.07. The smallest absolute Gasteiger partial charge is 0.222 e. The van der Waals surface area contributed by atoms with E-state index in [1.165, 1.54) is 0 Å². The van der Waals surface area contributed by atoms with Crippen LogP contribution in [0.1, 0.15) is 42.1 Å². The van der Waals surface area contributed by atoms with Crippen molar-refractivity contribution in [1.82, 2.24) is 4.90 Å². The zero-order valence-corrected chi connectivity index (χ0v) is 12.3. The van der Waals surface area contributed by atoms with Crippen LogP contribution in [-0.4, -0.2) is 36.3 Å². The molecule has 0 aliphatic carbocycles. The number of hydrogen-bond acceptors (Lipinski definition) is 3. The number of hydrogen-bond donors (Lipinski definition) is 0. The van der Waals surface area contributed by atoms with Gasteiger partial charge in [-0.05, 0) is 43.5 Å². The molecule has 1 unspecified atom stereocenters. The van der Waals surface area contributed by atoms with Gasteiger partial charge in [0, 0.05) is 18.5 Å². The normalized spacial score (nSPS) is 18.1. The fourth-order valence-corrected chi connectivity index (χ4v) is 2.76. The summed E-state index contributed by atoms with van der Waals surface area (Å²) < 4.78 is 5.21. The molecule has 2 rings (SSSR count). The zero-order valence-electron chi connectivity index (χ0n) is 12.3. The zero-order chi connectivity index (χ0) is 14.7. The van der Waals surface area contributed by atoms with E-state index >= 15 is 0 Å². The van der Waals surface area contributed by atoms with Crippen molar-refractivity contribution < 1.29 is 14.3 Å². The van der Waals surface area contributed by atoms with Crippen molar-refractivity contribution in [3.8, 4) is 5.75 Å². The van der Waals surface area contributed by atoms with Gasteiger partial charge in [0.2, 0.25) is 5.91 Å². The highest BCUT2D eigenvalue weighted by Crippen LogP contribution is 2.25. The van der Waals surface area contributed by atoms with Crippen LogP contribution in [0.15, 0.2) is 18.2 Å². The van der Waals surface area contributed by atoms with E-state index in [1.807, 2.05) is 26.0 Å². The molecule has 0 bridgehead atoms. The number of likely N-dealkylation sites (tertiary alicyclic amines) is 1. The molecule has 1 aliphatic rings. The van der Waals surface area contributed by atoms with Gasteiger partial charge < -0.3 is 9.64 Å². The Morgan fingerprint density at radius 2 is 2.15 bits per heavy atom. The summed E-state index contributed by atoms with van der Waals surface area (Å²) in [5, 5.41) is 0. The second-order valence-electron chi connectivity index (χ2n) is 5.15. The number of amides is 1. The minimum atomic E-state index is -0.296. The molecule has 0 aromatic heterocycles. The molecule has 20 heavy (non-hydrogen) atoms. The van der Waals surface area contributed by atoms with E-state index in [0.717, 1.165) is 24.2 Å². The monoisotopic (exact) mass is 275 g/mol. The molecule has 1 atom stereocenters. The number of carbonyl (C=O) groups is 2. The molecule has 0 radical (unpaired) electrons. The number of carbonyl (C=O) groups excluding carboxylic acids is 2. The van der Waals surface area contributed by atoms with Gasteiger partial charge in [-0.2, -0.15) is 0 Å². The minimum Gasteiger partial charge on any atom is -0.496 e. The van der Waals surface area contributed by atoms with E-state index in [4.69, 9.17) is 4.74 Å². The van der Waals surface area contributed by atoms with E-state index in [2.05, 4.69) is 0 Å². The molecule has 1 aromatic carbocycles. The lowest BCUT2D eigenvalue weighted by Crippen LogP contribution is -2.40. The molecule has 1 aliphatic heterocycles. The summed E-state index contributed by atoms with van der Waals surface area (Å²) in [7, 11) is 1.61. The molecule has 4 nitrogen and oxygen atoms in total. The third-order valence-electron chi connectivity index (χ3n) is 3.86. The summed E-state index contributed by atoms with van der Waals surface area (Å²) in [6.45, 7) is 4.44. The summed E-state index contributed by atoms with van der Waals surface area (Å²) in [6, 6.07) is 5.13. The molecule has 4 heteroatoms. The van der Waals surface area contributed by atoms with E-state index in [9.17, 15) is 9.59 Å². The first-order valence-electron chi connectivity index (χ1n) is 7.06. The Balaban J connectivity index is 2.22. The van der Waals surface area contributed by atoms with Crippen molar-refractivity contribution in [3.05, 3.63) is 29.3 Å². The Bertz CT molecular complexity index is 524. The molecule has 1 amide bonds. The minimum absolute atomic E-state index is 0.0371. The topological polar surface area (TPSA) is 46.6 Å². The van der Waals surface area contributed by atoms with Gasteiger partial charge in [-0.15, -0.1) is 0 Å². The maximum Gasteiger partial charge on any atom is 0.222 e. The molecular formula is C16H21NO3. The Morgan fingerprint density at radius 1 is 1.40 bits per heavy atom. The molecular weight excluding hydrogens is 254 g/mol. The predicted octanol–water partition coefficient (Wildman–Crippen LogP) is 2.59. The highest BCUT2D eigenvalue weighted by molar-refractivity contribution is 6.02. The number of ketones is 1. The van der Waals surface area contributed by atoms with Gasteiger partial charge >= 0.3 is 0 Å². The molecule has 108 valence electrons. The quantitative estimate of drug-likeness (QED) is 0.793. The highest BCUT2D eigenvalue weighted by Gasteiger charge is 2.33. The number of nitrogens with zero attached hydrogens (tertiary/aromatic N) is 1. The van der Waals surface area contributed by atoms with E-state index in [-0.39, 0.29) is 17.7 Å². The Labute approximate surface area is 119 Å². The number of methoxy groups -OCH3 is 1. The summed E-state index contributed by atoms with van der Waals surface area (Å²) in [5.74, 6) is 0.871. The molecule has 1 saturated heterocycles. The van der Waals surface area contributed by atoms with Crippen LogP contribution < -0.4 is 4.74 Å². The van der Waals surface area contributed by atoms with E-state index in [0.29, 0.717) is 18.5 Å². The first-order chi connectivity index (χ1) is 9.58. The first-order valence-corrected chi connectivity index (χ1v) is 7.06. The predicted molar refractivity (Wildman–Crippen MR) is 77.1 cm³/mol. The maximum atomic E-state index is 12.6. The standard InChI is InChI=1S/C16H21NO3/c1-4-15(18)17-9-5-6-13(17)16(19)12-7-8-14(20-3)11(2)10-12/h7-8,10,13H,4-6,9H2,1-3H3. The lowest BCUT2D eigenvalue weighted by Gasteiger charge is -2.23. The summed E-state index contributed by atoms with van der Waals surface area (Å²) in [5.41, 5.74) is 1.59. The summed E-state index contributed by atoms with van der Waals surface area (Å²) in [4.78, 5) is 26.2. The summed E-state index contributed by atoms with van der Waals surface area (Å²) >= 11 is 0. The average molecular weight is 275 g/mol. The third kappa shape index (κ3) is 2.69. The summed E-state index contributed by atoms with van der Waals surface area (Å²) in [6.07, 6.45) is 2.11. The van der Waals surface area contributed by atoms with Gasteiger partial charge in [-0.1, -0.05) is 6.92 Å². The first kappa shape index (κ1) is 14.6. The highest BCUT2D eigenvalue weighted by atomic mass is 16.5. The number of benzene rings is 1. The molecule has 0 N–H and O–H groups in total. The molecule has 1 heterocycles. The number of aryl methyl sites for hydroxylation is 1. The Kier molecular flexibility index (Phi) is 4.42. The molecule has 0 saturated carbocycles. The fraction of sp³-hybridized carbons (Fsp3) is 0.500. The van der Waals surface area contributed by atoms with Crippen molar-refractivity contribution in [2.75, 3.05) is 13.7 Å². The van der Waals surface area contributed by atoms with Crippen molar-refractivity contribution in [1.29, 1.82) is 0 Å².